The van der Waals surface area contributed by atoms with Crippen molar-refractivity contribution in [1.29, 1.82) is 0 Å². The third-order valence-electron chi connectivity index (χ3n) is 4.82. The van der Waals surface area contributed by atoms with Gasteiger partial charge in [-0.2, -0.15) is 0 Å². The fraction of sp³-hybridized carbons (Fsp3) is 0.286. The van der Waals surface area contributed by atoms with Crippen molar-refractivity contribution in [2.45, 2.75) is 17.9 Å². The number of rotatable bonds is 7. The maximum absolute atomic E-state index is 13.5. The molecule has 9 heteroatoms. The van der Waals surface area contributed by atoms with Crippen molar-refractivity contribution in [2.75, 3.05) is 27.7 Å². The van der Waals surface area contributed by atoms with E-state index in [4.69, 9.17) is 0 Å². The van der Waals surface area contributed by atoms with Gasteiger partial charge < -0.3 is 15.6 Å². The van der Waals surface area contributed by atoms with Gasteiger partial charge in [-0.3, -0.25) is 4.99 Å². The molecule has 0 aliphatic carbocycles. The van der Waals surface area contributed by atoms with Crippen molar-refractivity contribution in [2.24, 2.45) is 4.99 Å². The van der Waals surface area contributed by atoms with Gasteiger partial charge in [0.15, 0.2) is 5.96 Å². The van der Waals surface area contributed by atoms with Crippen LogP contribution in [0.5, 0.6) is 0 Å². The van der Waals surface area contributed by atoms with E-state index in [0.717, 1.165) is 16.5 Å². The van der Waals surface area contributed by atoms with Crippen molar-refractivity contribution in [3.05, 3.63) is 65.6 Å². The monoisotopic (exact) mass is 431 g/mol. The average molecular weight is 432 g/mol. The highest BCUT2D eigenvalue weighted by atomic mass is 32.2. The fourth-order valence-electron chi connectivity index (χ4n) is 3.17. The van der Waals surface area contributed by atoms with Gasteiger partial charge in [0.25, 0.3) is 0 Å². The van der Waals surface area contributed by atoms with Crippen LogP contribution >= 0.6 is 0 Å². The van der Waals surface area contributed by atoms with Crippen molar-refractivity contribution in [3.8, 4) is 0 Å². The molecule has 0 aliphatic rings. The Balaban J connectivity index is 1.62. The Labute approximate surface area is 176 Å². The molecule has 3 rings (SSSR count). The summed E-state index contributed by atoms with van der Waals surface area (Å²) in [6.45, 7) is 0.891. The van der Waals surface area contributed by atoms with Crippen LogP contribution in [0.4, 0.5) is 4.39 Å². The number of nitrogens with zero attached hydrogens (tertiary/aromatic N) is 2. The first-order valence-electron chi connectivity index (χ1n) is 9.53. The highest BCUT2D eigenvalue weighted by Gasteiger charge is 2.20. The molecule has 0 fully saturated rings. The SMILES string of the molecule is CN=C(NCCc1c[nH]c2ccc(F)cc12)NCc1ccccc1S(=O)(=O)N(C)C. The number of aromatic nitrogens is 1. The molecule has 30 heavy (non-hydrogen) atoms. The maximum Gasteiger partial charge on any atom is 0.242 e. The number of H-pyrrole nitrogens is 1. The van der Waals surface area contributed by atoms with E-state index in [9.17, 15) is 12.8 Å². The van der Waals surface area contributed by atoms with Crippen molar-refractivity contribution in [1.82, 2.24) is 19.9 Å². The zero-order valence-electron chi connectivity index (χ0n) is 17.2. The van der Waals surface area contributed by atoms with Gasteiger partial charge in [-0.1, -0.05) is 18.2 Å². The Hall–Kier alpha value is -2.91. The molecule has 7 nitrogen and oxygen atoms in total. The van der Waals surface area contributed by atoms with Crippen LogP contribution in [0.2, 0.25) is 0 Å². The predicted octanol–water partition coefficient (Wildman–Crippen LogP) is 2.47. The van der Waals surface area contributed by atoms with Crippen LogP contribution in [-0.2, 0) is 23.0 Å². The van der Waals surface area contributed by atoms with Crippen molar-refractivity contribution < 1.29 is 12.8 Å². The molecule has 2 aromatic carbocycles. The number of aromatic amines is 1. The summed E-state index contributed by atoms with van der Waals surface area (Å²) in [5.74, 6) is 0.290. The molecule has 0 bridgehead atoms. The molecule has 0 unspecified atom stereocenters. The first-order chi connectivity index (χ1) is 14.3. The molecule has 0 aliphatic heterocycles. The van der Waals surface area contributed by atoms with Gasteiger partial charge in [-0.25, -0.2) is 17.1 Å². The van der Waals surface area contributed by atoms with Gasteiger partial charge >= 0.3 is 0 Å². The van der Waals surface area contributed by atoms with E-state index in [-0.39, 0.29) is 10.7 Å². The molecule has 0 amide bonds. The average Bonchev–Trinajstić information content (AvgIpc) is 3.12. The highest BCUT2D eigenvalue weighted by Crippen LogP contribution is 2.20. The number of benzene rings is 2. The molecule has 160 valence electrons. The number of nitrogens with one attached hydrogen (secondary N) is 3. The Morgan fingerprint density at radius 3 is 2.63 bits per heavy atom. The summed E-state index contributed by atoms with van der Waals surface area (Å²) < 4.78 is 39.8. The largest absolute Gasteiger partial charge is 0.361 e. The van der Waals surface area contributed by atoms with Gasteiger partial charge in [-0.05, 0) is 41.8 Å². The standard InChI is InChI=1S/C21H26FN5O2S/c1-23-21(24-11-10-15-13-25-19-9-8-17(22)12-18(15)19)26-14-16-6-4-5-7-20(16)30(28,29)27(2)3/h4-9,12-13,25H,10-11,14H2,1-3H3,(H2,23,24,26). The van der Waals surface area contributed by atoms with E-state index in [1.165, 1.54) is 30.5 Å². The molecular formula is C21H26FN5O2S. The number of sulfonamides is 1. The lowest BCUT2D eigenvalue weighted by molar-refractivity contribution is 0.519. The second-order valence-corrected chi connectivity index (χ2v) is 9.12. The number of halogens is 1. The molecule has 0 saturated carbocycles. The zero-order chi connectivity index (χ0) is 21.7. The highest BCUT2D eigenvalue weighted by molar-refractivity contribution is 7.89. The minimum absolute atomic E-state index is 0.263. The topological polar surface area (TPSA) is 89.6 Å². The molecule has 1 heterocycles. The summed E-state index contributed by atoms with van der Waals surface area (Å²) >= 11 is 0. The normalized spacial score (nSPS) is 12.5. The molecule has 1 aromatic heterocycles. The zero-order valence-corrected chi connectivity index (χ0v) is 18.1. The van der Waals surface area contributed by atoms with Gasteiger partial charge in [0.05, 0.1) is 4.90 Å². The molecule has 0 saturated heterocycles. The Morgan fingerprint density at radius 1 is 1.13 bits per heavy atom. The van der Waals surface area contributed by atoms with Crippen molar-refractivity contribution in [3.63, 3.8) is 0 Å². The van der Waals surface area contributed by atoms with Gasteiger partial charge in [0.1, 0.15) is 5.82 Å². The Morgan fingerprint density at radius 2 is 1.90 bits per heavy atom. The summed E-state index contributed by atoms with van der Waals surface area (Å²) in [7, 11) is 1.14. The first kappa shape index (κ1) is 21.8. The van der Waals surface area contributed by atoms with Crippen LogP contribution in [0.15, 0.2) is 58.5 Å². The van der Waals surface area contributed by atoms with Crippen LogP contribution in [-0.4, -0.2) is 51.4 Å². The number of aliphatic imine (C=N–C) groups is 1. The van der Waals surface area contributed by atoms with E-state index < -0.39 is 10.0 Å². The molecule has 3 aromatic rings. The predicted molar refractivity (Wildman–Crippen MR) is 117 cm³/mol. The van der Waals surface area contributed by atoms with Gasteiger partial charge in [-0.15, -0.1) is 0 Å². The Bertz CT molecular complexity index is 1160. The van der Waals surface area contributed by atoms with Gasteiger partial charge in [0.2, 0.25) is 10.0 Å². The lowest BCUT2D eigenvalue weighted by Gasteiger charge is -2.17. The lowest BCUT2D eigenvalue weighted by atomic mass is 10.1. The number of guanidine groups is 1. The Kier molecular flexibility index (Phi) is 6.73. The second-order valence-electron chi connectivity index (χ2n) is 7.00. The maximum atomic E-state index is 13.5. The minimum atomic E-state index is -3.53. The summed E-state index contributed by atoms with van der Waals surface area (Å²) in [5.41, 5.74) is 2.56. The quantitative estimate of drug-likeness (QED) is 0.396. The van der Waals surface area contributed by atoms with Crippen LogP contribution in [0, 0.1) is 5.82 Å². The van der Waals surface area contributed by atoms with Crippen molar-refractivity contribution >= 4 is 26.9 Å². The molecule has 0 radical (unpaired) electrons. The van der Waals surface area contributed by atoms with Crippen LogP contribution in [0.1, 0.15) is 11.1 Å². The number of hydrogen-bond acceptors (Lipinski definition) is 3. The van der Waals surface area contributed by atoms with E-state index >= 15 is 0 Å². The van der Waals surface area contributed by atoms with E-state index in [1.54, 1.807) is 37.4 Å². The smallest absolute Gasteiger partial charge is 0.242 e. The first-order valence-corrected chi connectivity index (χ1v) is 11.0. The molecular weight excluding hydrogens is 405 g/mol. The molecule has 3 N–H and O–H groups in total. The minimum Gasteiger partial charge on any atom is -0.361 e. The van der Waals surface area contributed by atoms with E-state index in [1.807, 2.05) is 6.20 Å². The molecule has 0 atom stereocenters. The summed E-state index contributed by atoms with van der Waals surface area (Å²) in [6, 6.07) is 11.6. The number of hydrogen-bond donors (Lipinski definition) is 3. The summed E-state index contributed by atoms with van der Waals surface area (Å²) in [5, 5.41) is 7.22. The molecule has 0 spiro atoms. The van der Waals surface area contributed by atoms with Crippen LogP contribution in [0.3, 0.4) is 0 Å². The fourth-order valence-corrected chi connectivity index (χ4v) is 4.29. The lowest BCUT2D eigenvalue weighted by Crippen LogP contribution is -2.38. The van der Waals surface area contributed by atoms with Crippen LogP contribution in [0.25, 0.3) is 10.9 Å². The summed E-state index contributed by atoms with van der Waals surface area (Å²) in [4.78, 5) is 7.60. The second kappa shape index (κ2) is 9.27. The van der Waals surface area contributed by atoms with Crippen LogP contribution < -0.4 is 10.6 Å². The summed E-state index contributed by atoms with van der Waals surface area (Å²) in [6.07, 6.45) is 2.56. The third kappa shape index (κ3) is 4.80. The van der Waals surface area contributed by atoms with E-state index in [2.05, 4.69) is 20.6 Å². The number of fused-ring (bicyclic) bond motifs is 1. The van der Waals surface area contributed by atoms with E-state index in [0.29, 0.717) is 31.0 Å². The van der Waals surface area contributed by atoms with Gasteiger partial charge in [0, 0.05) is 51.3 Å². The third-order valence-corrected chi connectivity index (χ3v) is 6.73.